The maximum absolute atomic E-state index is 12.5. The van der Waals surface area contributed by atoms with Gasteiger partial charge in [0, 0.05) is 25.0 Å². The van der Waals surface area contributed by atoms with Gasteiger partial charge < -0.3 is 4.90 Å². The van der Waals surface area contributed by atoms with Crippen LogP contribution in [0.4, 0.5) is 0 Å². The Bertz CT molecular complexity index is 615. The highest BCUT2D eigenvalue weighted by atomic mass is 16.2. The minimum Gasteiger partial charge on any atom is -0.336 e. The molecule has 3 heterocycles. The molecule has 1 amide bonds. The fraction of sp³-hybridized carbons (Fsp3) is 0.500. The number of hydrogen-bond acceptors (Lipinski definition) is 3. The molecule has 0 radical (unpaired) electrons. The molecule has 20 heavy (non-hydrogen) atoms. The summed E-state index contributed by atoms with van der Waals surface area (Å²) < 4.78 is 1.98. The van der Waals surface area contributed by atoms with E-state index in [9.17, 15) is 4.79 Å². The number of carbonyl (C=O) groups is 1. The Balaban J connectivity index is 1.75. The first kappa shape index (κ1) is 12.9. The standard InChI is InChI=1S/C14H19N5O/c1-10-6-16-19(8-10)12-4-3-5-18(9-12)14(20)13-7-15-17-11(13)2/h6-8,12H,3-5,9H2,1-2H3,(H,15,17)/t12-/m0/s1. The van der Waals surface area contributed by atoms with E-state index in [-0.39, 0.29) is 11.9 Å². The summed E-state index contributed by atoms with van der Waals surface area (Å²) in [6.07, 6.45) is 7.59. The topological polar surface area (TPSA) is 66.8 Å². The molecule has 0 bridgehead atoms. The van der Waals surface area contributed by atoms with Crippen molar-refractivity contribution in [2.75, 3.05) is 13.1 Å². The summed E-state index contributed by atoms with van der Waals surface area (Å²) in [6, 6.07) is 0.272. The Morgan fingerprint density at radius 3 is 2.90 bits per heavy atom. The van der Waals surface area contributed by atoms with E-state index < -0.39 is 0 Å². The SMILES string of the molecule is Cc1cnn([C@H]2CCCN(C(=O)c3cn[nH]c3C)C2)c1. The molecule has 0 aliphatic carbocycles. The monoisotopic (exact) mass is 273 g/mol. The molecule has 2 aromatic heterocycles. The minimum absolute atomic E-state index is 0.0600. The second kappa shape index (κ2) is 5.11. The van der Waals surface area contributed by atoms with Crippen LogP contribution in [-0.2, 0) is 0 Å². The number of rotatable bonds is 2. The Kier molecular flexibility index (Phi) is 3.30. The molecule has 0 aromatic carbocycles. The number of nitrogens with zero attached hydrogens (tertiary/aromatic N) is 4. The van der Waals surface area contributed by atoms with Crippen molar-refractivity contribution < 1.29 is 4.79 Å². The van der Waals surface area contributed by atoms with E-state index >= 15 is 0 Å². The van der Waals surface area contributed by atoms with Gasteiger partial charge in [0.1, 0.15) is 0 Å². The van der Waals surface area contributed by atoms with Crippen LogP contribution in [0.2, 0.25) is 0 Å². The molecule has 1 aliphatic rings. The van der Waals surface area contributed by atoms with E-state index in [0.717, 1.165) is 30.6 Å². The first-order valence-corrected chi connectivity index (χ1v) is 6.95. The molecular formula is C14H19N5O. The van der Waals surface area contributed by atoms with Crippen LogP contribution in [0.3, 0.4) is 0 Å². The Morgan fingerprint density at radius 1 is 1.40 bits per heavy atom. The van der Waals surface area contributed by atoms with Crippen LogP contribution >= 0.6 is 0 Å². The van der Waals surface area contributed by atoms with E-state index in [4.69, 9.17) is 0 Å². The van der Waals surface area contributed by atoms with Crippen molar-refractivity contribution in [3.63, 3.8) is 0 Å². The highest BCUT2D eigenvalue weighted by Crippen LogP contribution is 2.23. The second-order valence-electron chi connectivity index (χ2n) is 5.45. The van der Waals surface area contributed by atoms with E-state index in [1.807, 2.05) is 35.8 Å². The smallest absolute Gasteiger partial charge is 0.257 e. The summed E-state index contributed by atoms with van der Waals surface area (Å²) in [5.41, 5.74) is 2.65. The number of hydrogen-bond donors (Lipinski definition) is 1. The molecule has 1 saturated heterocycles. The number of aryl methyl sites for hydroxylation is 2. The van der Waals surface area contributed by atoms with Crippen LogP contribution in [0.1, 0.15) is 40.5 Å². The van der Waals surface area contributed by atoms with Crippen molar-refractivity contribution in [2.45, 2.75) is 32.7 Å². The van der Waals surface area contributed by atoms with Gasteiger partial charge in [-0.15, -0.1) is 0 Å². The number of carbonyl (C=O) groups excluding carboxylic acids is 1. The fourth-order valence-corrected chi connectivity index (χ4v) is 2.72. The summed E-state index contributed by atoms with van der Waals surface area (Å²) in [4.78, 5) is 14.4. The molecule has 0 unspecified atom stereocenters. The van der Waals surface area contributed by atoms with Crippen molar-refractivity contribution in [1.82, 2.24) is 24.9 Å². The van der Waals surface area contributed by atoms with Gasteiger partial charge in [0.15, 0.2) is 0 Å². The fourth-order valence-electron chi connectivity index (χ4n) is 2.72. The van der Waals surface area contributed by atoms with Crippen LogP contribution < -0.4 is 0 Å². The molecule has 1 fully saturated rings. The predicted molar refractivity (Wildman–Crippen MR) is 74.5 cm³/mol. The van der Waals surface area contributed by atoms with Gasteiger partial charge in [-0.05, 0) is 32.3 Å². The zero-order valence-corrected chi connectivity index (χ0v) is 11.8. The molecule has 6 nitrogen and oxygen atoms in total. The molecular weight excluding hydrogens is 254 g/mol. The molecule has 0 saturated carbocycles. The lowest BCUT2D eigenvalue weighted by Crippen LogP contribution is -2.41. The number of aromatic amines is 1. The first-order chi connectivity index (χ1) is 9.65. The third kappa shape index (κ3) is 2.33. The summed E-state index contributed by atoms with van der Waals surface area (Å²) in [5.74, 6) is 0.0600. The average molecular weight is 273 g/mol. The third-order valence-corrected chi connectivity index (χ3v) is 3.85. The largest absolute Gasteiger partial charge is 0.336 e. The van der Waals surface area contributed by atoms with Gasteiger partial charge in [0.05, 0.1) is 24.0 Å². The lowest BCUT2D eigenvalue weighted by Gasteiger charge is -2.32. The number of amides is 1. The molecule has 0 spiro atoms. The van der Waals surface area contributed by atoms with Crippen LogP contribution in [0.25, 0.3) is 0 Å². The van der Waals surface area contributed by atoms with Crippen LogP contribution in [0.15, 0.2) is 18.6 Å². The zero-order valence-electron chi connectivity index (χ0n) is 11.8. The number of H-pyrrole nitrogens is 1. The van der Waals surface area contributed by atoms with Gasteiger partial charge in [0.2, 0.25) is 0 Å². The van der Waals surface area contributed by atoms with E-state index in [1.165, 1.54) is 0 Å². The quantitative estimate of drug-likeness (QED) is 0.905. The Hall–Kier alpha value is -2.11. The number of piperidine rings is 1. The zero-order chi connectivity index (χ0) is 14.1. The predicted octanol–water partition coefficient (Wildman–Crippen LogP) is 1.70. The van der Waals surface area contributed by atoms with Crippen LogP contribution in [0.5, 0.6) is 0 Å². The third-order valence-electron chi connectivity index (χ3n) is 3.85. The van der Waals surface area contributed by atoms with E-state index in [1.54, 1.807) is 6.20 Å². The Labute approximate surface area is 117 Å². The molecule has 3 rings (SSSR count). The van der Waals surface area contributed by atoms with Crippen molar-refractivity contribution in [3.8, 4) is 0 Å². The number of aromatic nitrogens is 4. The number of likely N-dealkylation sites (tertiary alicyclic amines) is 1. The van der Waals surface area contributed by atoms with Gasteiger partial charge in [-0.1, -0.05) is 0 Å². The maximum Gasteiger partial charge on any atom is 0.257 e. The molecule has 1 aliphatic heterocycles. The van der Waals surface area contributed by atoms with Gasteiger partial charge in [0.25, 0.3) is 5.91 Å². The second-order valence-corrected chi connectivity index (χ2v) is 5.45. The van der Waals surface area contributed by atoms with Crippen molar-refractivity contribution in [1.29, 1.82) is 0 Å². The van der Waals surface area contributed by atoms with Crippen LogP contribution in [-0.4, -0.2) is 43.9 Å². The summed E-state index contributed by atoms with van der Waals surface area (Å²) >= 11 is 0. The maximum atomic E-state index is 12.5. The van der Waals surface area contributed by atoms with Gasteiger partial charge in [-0.25, -0.2) is 0 Å². The summed E-state index contributed by atoms with van der Waals surface area (Å²) in [6.45, 7) is 5.42. The Morgan fingerprint density at radius 2 is 2.25 bits per heavy atom. The molecule has 2 aromatic rings. The van der Waals surface area contributed by atoms with Crippen molar-refractivity contribution in [3.05, 3.63) is 35.4 Å². The summed E-state index contributed by atoms with van der Waals surface area (Å²) in [7, 11) is 0. The number of nitrogens with one attached hydrogen (secondary N) is 1. The highest BCUT2D eigenvalue weighted by Gasteiger charge is 2.27. The normalized spacial score (nSPS) is 19.3. The molecule has 1 N–H and O–H groups in total. The van der Waals surface area contributed by atoms with Crippen LogP contribution in [0, 0.1) is 13.8 Å². The van der Waals surface area contributed by atoms with Gasteiger partial charge in [-0.3, -0.25) is 14.6 Å². The molecule has 1 atom stereocenters. The molecule has 106 valence electrons. The summed E-state index contributed by atoms with van der Waals surface area (Å²) in [5, 5.41) is 11.1. The first-order valence-electron chi connectivity index (χ1n) is 6.95. The highest BCUT2D eigenvalue weighted by molar-refractivity contribution is 5.95. The lowest BCUT2D eigenvalue weighted by atomic mass is 10.0. The van der Waals surface area contributed by atoms with E-state index in [2.05, 4.69) is 15.3 Å². The van der Waals surface area contributed by atoms with E-state index in [0.29, 0.717) is 12.1 Å². The lowest BCUT2D eigenvalue weighted by molar-refractivity contribution is 0.0672. The van der Waals surface area contributed by atoms with Crippen molar-refractivity contribution in [2.24, 2.45) is 0 Å². The van der Waals surface area contributed by atoms with Gasteiger partial charge >= 0.3 is 0 Å². The average Bonchev–Trinajstić information content (AvgIpc) is 3.07. The molecule has 6 heteroatoms. The van der Waals surface area contributed by atoms with Gasteiger partial charge in [-0.2, -0.15) is 10.2 Å². The van der Waals surface area contributed by atoms with Crippen molar-refractivity contribution >= 4 is 5.91 Å². The minimum atomic E-state index is 0.0600.